The second-order valence-corrected chi connectivity index (χ2v) is 8.54. The Morgan fingerprint density at radius 3 is 2.57 bits per heavy atom. The second kappa shape index (κ2) is 7.57. The molecule has 2 aliphatic carbocycles. The van der Waals surface area contributed by atoms with Gasteiger partial charge in [-0.05, 0) is 55.7 Å². The number of rotatable bonds is 4. The van der Waals surface area contributed by atoms with Crippen LogP contribution in [0.3, 0.4) is 0 Å². The second-order valence-electron chi connectivity index (χ2n) is 8.54. The minimum absolute atomic E-state index is 0.152. The molecule has 1 aromatic rings. The number of benzene rings is 1. The maximum Gasteiger partial charge on any atom is 0.325 e. The number of hydrogen-bond acceptors (Lipinski definition) is 3. The highest BCUT2D eigenvalue weighted by atomic mass is 16.2. The number of urea groups is 1. The van der Waals surface area contributed by atoms with Gasteiger partial charge in [0.15, 0.2) is 0 Å². The molecule has 3 aliphatic rings. The van der Waals surface area contributed by atoms with Crippen molar-refractivity contribution in [2.75, 3.05) is 6.54 Å². The van der Waals surface area contributed by atoms with E-state index in [0.29, 0.717) is 0 Å². The average Bonchev–Trinajstić information content (AvgIpc) is 3.11. The molecule has 1 saturated carbocycles. The number of carbonyl (C=O) groups is 3. The van der Waals surface area contributed by atoms with Crippen molar-refractivity contribution in [1.82, 2.24) is 15.5 Å². The third-order valence-electron chi connectivity index (χ3n) is 6.47. The van der Waals surface area contributed by atoms with Crippen molar-refractivity contribution in [2.24, 2.45) is 0 Å². The minimum atomic E-state index is -1.11. The van der Waals surface area contributed by atoms with E-state index in [4.69, 9.17) is 0 Å². The van der Waals surface area contributed by atoms with Gasteiger partial charge >= 0.3 is 6.03 Å². The van der Waals surface area contributed by atoms with Crippen LogP contribution in [-0.4, -0.2) is 35.3 Å². The van der Waals surface area contributed by atoms with Crippen molar-refractivity contribution in [3.8, 4) is 0 Å². The van der Waals surface area contributed by atoms with Crippen LogP contribution in [0.25, 0.3) is 0 Å². The fraction of sp³-hybridized carbons (Fsp3) is 0.591. The van der Waals surface area contributed by atoms with Gasteiger partial charge < -0.3 is 10.6 Å². The number of fused-ring (bicyclic) bond motifs is 1. The Kier molecular flexibility index (Phi) is 5.13. The zero-order chi connectivity index (χ0) is 19.7. The first-order chi connectivity index (χ1) is 13.5. The van der Waals surface area contributed by atoms with Crippen molar-refractivity contribution in [1.29, 1.82) is 0 Å². The summed E-state index contributed by atoms with van der Waals surface area (Å²) >= 11 is 0. The summed E-state index contributed by atoms with van der Waals surface area (Å²) in [6.45, 7) is 1.51. The van der Waals surface area contributed by atoms with Crippen LogP contribution in [0.2, 0.25) is 0 Å². The molecule has 1 atom stereocenters. The smallest absolute Gasteiger partial charge is 0.325 e. The predicted octanol–water partition coefficient (Wildman–Crippen LogP) is 2.78. The van der Waals surface area contributed by atoms with Crippen LogP contribution in [0.15, 0.2) is 18.2 Å². The molecular formula is C22H29N3O3. The lowest BCUT2D eigenvalue weighted by atomic mass is 9.89. The van der Waals surface area contributed by atoms with E-state index in [9.17, 15) is 14.4 Å². The van der Waals surface area contributed by atoms with E-state index in [-0.39, 0.29) is 24.4 Å². The standard InChI is InChI=1S/C22H29N3O3/c1-22(17-12-11-15-7-6-8-16(15)13-17)20(27)25(21(28)24-22)14-19(26)23-18-9-4-2-3-5-10-18/h11-13,18H,2-10,14H2,1H3,(H,23,26)(H,24,28). The quantitative estimate of drug-likeness (QED) is 0.620. The molecule has 1 unspecified atom stereocenters. The van der Waals surface area contributed by atoms with Crippen LogP contribution < -0.4 is 10.6 Å². The molecule has 150 valence electrons. The normalized spacial score (nSPS) is 25.4. The zero-order valence-corrected chi connectivity index (χ0v) is 16.6. The average molecular weight is 383 g/mol. The summed E-state index contributed by atoms with van der Waals surface area (Å²) < 4.78 is 0. The number of imide groups is 1. The first kappa shape index (κ1) is 19.0. The van der Waals surface area contributed by atoms with Gasteiger partial charge in [-0.2, -0.15) is 0 Å². The first-order valence-electron chi connectivity index (χ1n) is 10.5. The Balaban J connectivity index is 1.45. The van der Waals surface area contributed by atoms with E-state index in [1.807, 2.05) is 12.1 Å². The topological polar surface area (TPSA) is 78.5 Å². The Morgan fingerprint density at radius 1 is 1.11 bits per heavy atom. The molecule has 2 N–H and O–H groups in total. The molecule has 28 heavy (non-hydrogen) atoms. The highest BCUT2D eigenvalue weighted by Crippen LogP contribution is 2.32. The maximum absolute atomic E-state index is 13.1. The molecular weight excluding hydrogens is 354 g/mol. The van der Waals surface area contributed by atoms with Crippen molar-refractivity contribution < 1.29 is 14.4 Å². The largest absolute Gasteiger partial charge is 0.352 e. The van der Waals surface area contributed by atoms with Gasteiger partial charge in [-0.15, -0.1) is 0 Å². The van der Waals surface area contributed by atoms with E-state index in [2.05, 4.69) is 16.7 Å². The lowest BCUT2D eigenvalue weighted by Gasteiger charge is -2.23. The van der Waals surface area contributed by atoms with Crippen molar-refractivity contribution in [3.63, 3.8) is 0 Å². The molecule has 1 aliphatic heterocycles. The molecule has 4 amide bonds. The lowest BCUT2D eigenvalue weighted by molar-refractivity contribution is -0.135. The van der Waals surface area contributed by atoms with Gasteiger partial charge in [0, 0.05) is 6.04 Å². The molecule has 0 bridgehead atoms. The Bertz CT molecular complexity index is 798. The van der Waals surface area contributed by atoms with Crippen LogP contribution in [0.5, 0.6) is 0 Å². The summed E-state index contributed by atoms with van der Waals surface area (Å²) in [6.07, 6.45) is 9.79. The molecule has 2 fully saturated rings. The predicted molar refractivity (Wildman–Crippen MR) is 106 cm³/mol. The fourth-order valence-corrected chi connectivity index (χ4v) is 4.76. The molecule has 1 aromatic carbocycles. The number of carbonyl (C=O) groups excluding carboxylic acids is 3. The molecule has 6 heteroatoms. The minimum Gasteiger partial charge on any atom is -0.352 e. The van der Waals surface area contributed by atoms with E-state index in [1.165, 1.54) is 24.0 Å². The van der Waals surface area contributed by atoms with Crippen LogP contribution >= 0.6 is 0 Å². The Hall–Kier alpha value is -2.37. The molecule has 4 rings (SSSR count). The summed E-state index contributed by atoms with van der Waals surface area (Å²) in [5.74, 6) is -0.611. The lowest BCUT2D eigenvalue weighted by Crippen LogP contribution is -2.45. The maximum atomic E-state index is 13.1. The third-order valence-corrected chi connectivity index (χ3v) is 6.47. The first-order valence-corrected chi connectivity index (χ1v) is 10.5. The SMILES string of the molecule is CC1(c2ccc3c(c2)CCC3)NC(=O)N(CC(=O)NC2CCCCCC2)C1=O. The van der Waals surface area contributed by atoms with Gasteiger partial charge in [0.05, 0.1) is 0 Å². The van der Waals surface area contributed by atoms with Gasteiger partial charge in [-0.25, -0.2) is 4.79 Å². The summed E-state index contributed by atoms with van der Waals surface area (Å²) in [5, 5.41) is 5.83. The molecule has 6 nitrogen and oxygen atoms in total. The molecule has 1 saturated heterocycles. The Morgan fingerprint density at radius 2 is 1.82 bits per heavy atom. The van der Waals surface area contributed by atoms with Gasteiger partial charge in [-0.3, -0.25) is 14.5 Å². The summed E-state index contributed by atoms with van der Waals surface area (Å²) in [7, 11) is 0. The Labute approximate surface area is 166 Å². The van der Waals surface area contributed by atoms with E-state index < -0.39 is 11.6 Å². The monoisotopic (exact) mass is 383 g/mol. The molecule has 0 radical (unpaired) electrons. The molecule has 0 aromatic heterocycles. The van der Waals surface area contributed by atoms with Crippen LogP contribution in [0.1, 0.15) is 68.6 Å². The number of hydrogen-bond donors (Lipinski definition) is 2. The highest BCUT2D eigenvalue weighted by molar-refractivity contribution is 6.09. The highest BCUT2D eigenvalue weighted by Gasteiger charge is 2.49. The van der Waals surface area contributed by atoms with Crippen LogP contribution in [-0.2, 0) is 28.0 Å². The van der Waals surface area contributed by atoms with Gasteiger partial charge in [-0.1, -0.05) is 43.9 Å². The van der Waals surface area contributed by atoms with Crippen LogP contribution in [0.4, 0.5) is 4.79 Å². The van der Waals surface area contributed by atoms with Gasteiger partial charge in [0.2, 0.25) is 5.91 Å². The van der Waals surface area contributed by atoms with Crippen molar-refractivity contribution >= 4 is 17.8 Å². The fourth-order valence-electron chi connectivity index (χ4n) is 4.76. The number of nitrogens with one attached hydrogen (secondary N) is 2. The molecule has 1 heterocycles. The van der Waals surface area contributed by atoms with Crippen molar-refractivity contribution in [3.05, 3.63) is 34.9 Å². The van der Waals surface area contributed by atoms with Gasteiger partial charge in [0.1, 0.15) is 12.1 Å². The van der Waals surface area contributed by atoms with Crippen LogP contribution in [0, 0.1) is 0 Å². The third kappa shape index (κ3) is 3.52. The van der Waals surface area contributed by atoms with E-state index in [1.54, 1.807) is 6.92 Å². The summed E-state index contributed by atoms with van der Waals surface area (Å²) in [4.78, 5) is 39.1. The van der Waals surface area contributed by atoms with Gasteiger partial charge in [0.25, 0.3) is 5.91 Å². The number of aryl methyl sites for hydroxylation is 2. The van der Waals surface area contributed by atoms with E-state index in [0.717, 1.165) is 55.4 Å². The summed E-state index contributed by atoms with van der Waals surface area (Å²) in [6, 6.07) is 5.68. The van der Waals surface area contributed by atoms with E-state index >= 15 is 0 Å². The zero-order valence-electron chi connectivity index (χ0n) is 16.6. The van der Waals surface area contributed by atoms with Crippen molar-refractivity contribution in [2.45, 2.75) is 76.3 Å². The summed E-state index contributed by atoms with van der Waals surface area (Å²) in [5.41, 5.74) is 2.25. The number of nitrogens with zero attached hydrogens (tertiary/aromatic N) is 1. The molecule has 0 spiro atoms. The number of amides is 4.